The van der Waals surface area contributed by atoms with Gasteiger partial charge in [-0.2, -0.15) is 0 Å². The van der Waals surface area contributed by atoms with E-state index in [1.165, 1.54) is 0 Å². The van der Waals surface area contributed by atoms with Crippen LogP contribution in [0.4, 0.5) is 0 Å². The minimum absolute atomic E-state index is 0.467. The van der Waals surface area contributed by atoms with Gasteiger partial charge in [-0.15, -0.1) is 0 Å². The molecule has 2 aromatic rings. The molecular weight excluding hydrogens is 265 g/mol. The number of aromatic nitrogens is 1. The van der Waals surface area contributed by atoms with E-state index in [1.54, 1.807) is 13.2 Å². The van der Waals surface area contributed by atoms with Crippen molar-refractivity contribution in [2.45, 2.75) is 0 Å². The highest BCUT2D eigenvalue weighted by Crippen LogP contribution is 2.30. The van der Waals surface area contributed by atoms with Crippen molar-refractivity contribution in [1.29, 1.82) is 0 Å². The molecule has 0 radical (unpaired) electrons. The summed E-state index contributed by atoms with van der Waals surface area (Å²) < 4.78 is 6.18. The van der Waals surface area contributed by atoms with E-state index < -0.39 is 0 Å². The standard InChI is InChI=1S/C10H7BrClNO/c1-14-8-4-3-7(11)6-2-5-9(12)13-10(6)8/h2-5H,1H3. The summed E-state index contributed by atoms with van der Waals surface area (Å²) in [4.78, 5) is 4.22. The predicted octanol–water partition coefficient (Wildman–Crippen LogP) is 3.66. The zero-order chi connectivity index (χ0) is 10.1. The molecule has 2 rings (SSSR count). The summed E-state index contributed by atoms with van der Waals surface area (Å²) in [5.74, 6) is 0.728. The molecule has 0 unspecified atom stereocenters. The molecule has 0 aliphatic rings. The van der Waals surface area contributed by atoms with Crippen molar-refractivity contribution < 1.29 is 4.74 Å². The van der Waals surface area contributed by atoms with Gasteiger partial charge in [0.15, 0.2) is 0 Å². The summed E-state index contributed by atoms with van der Waals surface area (Å²) in [7, 11) is 1.62. The number of rotatable bonds is 1. The Morgan fingerprint density at radius 1 is 1.29 bits per heavy atom. The molecule has 2 nitrogen and oxygen atoms in total. The maximum Gasteiger partial charge on any atom is 0.145 e. The first-order valence-electron chi connectivity index (χ1n) is 4.01. The second-order valence-corrected chi connectivity index (χ2v) is 4.02. The lowest BCUT2D eigenvalue weighted by molar-refractivity contribution is 0.419. The molecule has 4 heteroatoms. The molecule has 0 aliphatic heterocycles. The molecule has 1 aromatic carbocycles. The molecule has 14 heavy (non-hydrogen) atoms. The van der Waals surface area contributed by atoms with Gasteiger partial charge in [0.05, 0.1) is 7.11 Å². The Morgan fingerprint density at radius 2 is 2.07 bits per heavy atom. The first-order valence-corrected chi connectivity index (χ1v) is 5.18. The summed E-state index contributed by atoms with van der Waals surface area (Å²) in [5.41, 5.74) is 0.773. The molecule has 0 N–H and O–H groups in total. The summed E-state index contributed by atoms with van der Waals surface area (Å²) in [6.07, 6.45) is 0. The van der Waals surface area contributed by atoms with E-state index in [9.17, 15) is 0 Å². The predicted molar refractivity (Wildman–Crippen MR) is 61.0 cm³/mol. The SMILES string of the molecule is COc1ccc(Br)c2ccc(Cl)nc12. The zero-order valence-electron chi connectivity index (χ0n) is 7.42. The van der Waals surface area contributed by atoms with Crippen LogP contribution in [-0.4, -0.2) is 12.1 Å². The zero-order valence-corrected chi connectivity index (χ0v) is 9.76. The second kappa shape index (κ2) is 3.75. The van der Waals surface area contributed by atoms with Gasteiger partial charge in [-0.3, -0.25) is 0 Å². The van der Waals surface area contributed by atoms with Crippen LogP contribution in [0, 0.1) is 0 Å². The van der Waals surface area contributed by atoms with Crippen molar-refractivity contribution in [3.63, 3.8) is 0 Å². The highest BCUT2D eigenvalue weighted by molar-refractivity contribution is 9.10. The molecule has 0 saturated heterocycles. The van der Waals surface area contributed by atoms with Crippen LogP contribution >= 0.6 is 27.5 Å². The van der Waals surface area contributed by atoms with Gasteiger partial charge in [-0.25, -0.2) is 4.98 Å². The molecule has 1 heterocycles. The van der Waals surface area contributed by atoms with Crippen molar-refractivity contribution in [1.82, 2.24) is 4.98 Å². The number of methoxy groups -OCH3 is 1. The number of fused-ring (bicyclic) bond motifs is 1. The largest absolute Gasteiger partial charge is 0.494 e. The Labute approximate surface area is 95.0 Å². The monoisotopic (exact) mass is 271 g/mol. The number of nitrogens with zero attached hydrogens (tertiary/aromatic N) is 1. The number of hydrogen-bond donors (Lipinski definition) is 0. The first-order chi connectivity index (χ1) is 6.72. The summed E-state index contributed by atoms with van der Waals surface area (Å²) in [6, 6.07) is 7.46. The fourth-order valence-corrected chi connectivity index (χ4v) is 1.90. The van der Waals surface area contributed by atoms with Crippen LogP contribution < -0.4 is 4.74 Å². The van der Waals surface area contributed by atoms with Crippen molar-refractivity contribution in [3.05, 3.63) is 33.9 Å². The van der Waals surface area contributed by atoms with Crippen LogP contribution in [0.2, 0.25) is 5.15 Å². The molecule has 72 valence electrons. The fraction of sp³-hybridized carbons (Fsp3) is 0.100. The third kappa shape index (κ3) is 1.57. The third-order valence-corrected chi connectivity index (χ3v) is 2.85. The topological polar surface area (TPSA) is 22.1 Å². The van der Waals surface area contributed by atoms with Gasteiger partial charge in [-0.05, 0) is 24.3 Å². The minimum Gasteiger partial charge on any atom is -0.494 e. The van der Waals surface area contributed by atoms with Crippen LogP contribution in [0.5, 0.6) is 5.75 Å². The van der Waals surface area contributed by atoms with E-state index in [0.29, 0.717) is 5.15 Å². The van der Waals surface area contributed by atoms with Gasteiger partial charge in [0.2, 0.25) is 0 Å². The van der Waals surface area contributed by atoms with E-state index in [1.807, 2.05) is 18.2 Å². The molecule has 0 fully saturated rings. The van der Waals surface area contributed by atoms with Gasteiger partial charge < -0.3 is 4.74 Å². The van der Waals surface area contributed by atoms with Crippen molar-refractivity contribution in [3.8, 4) is 5.75 Å². The Morgan fingerprint density at radius 3 is 2.79 bits per heavy atom. The highest BCUT2D eigenvalue weighted by atomic mass is 79.9. The Hall–Kier alpha value is -0.800. The molecule has 1 aromatic heterocycles. The fourth-order valence-electron chi connectivity index (χ4n) is 1.30. The van der Waals surface area contributed by atoms with E-state index in [0.717, 1.165) is 21.1 Å². The lowest BCUT2D eigenvalue weighted by Gasteiger charge is -2.05. The summed E-state index contributed by atoms with van der Waals surface area (Å²) in [5, 5.41) is 1.46. The third-order valence-electron chi connectivity index (χ3n) is 1.95. The summed E-state index contributed by atoms with van der Waals surface area (Å²) in [6.45, 7) is 0. The Kier molecular flexibility index (Phi) is 2.61. The molecule has 0 atom stereocenters. The van der Waals surface area contributed by atoms with Crippen LogP contribution in [0.1, 0.15) is 0 Å². The van der Waals surface area contributed by atoms with Gasteiger partial charge in [0.25, 0.3) is 0 Å². The van der Waals surface area contributed by atoms with E-state index in [4.69, 9.17) is 16.3 Å². The second-order valence-electron chi connectivity index (χ2n) is 2.78. The average molecular weight is 273 g/mol. The minimum atomic E-state index is 0.467. The molecule has 0 bridgehead atoms. The number of benzene rings is 1. The van der Waals surface area contributed by atoms with Crippen LogP contribution in [0.15, 0.2) is 28.7 Å². The van der Waals surface area contributed by atoms with Gasteiger partial charge in [0.1, 0.15) is 16.4 Å². The first kappa shape index (κ1) is 9.74. The normalized spacial score (nSPS) is 10.5. The number of pyridine rings is 1. The Bertz CT molecular complexity index is 487. The average Bonchev–Trinajstić information content (AvgIpc) is 2.18. The lowest BCUT2D eigenvalue weighted by Crippen LogP contribution is -1.88. The summed E-state index contributed by atoms with van der Waals surface area (Å²) >= 11 is 9.26. The molecule has 0 saturated carbocycles. The van der Waals surface area contributed by atoms with Gasteiger partial charge in [0, 0.05) is 9.86 Å². The smallest absolute Gasteiger partial charge is 0.145 e. The number of ether oxygens (including phenoxy) is 1. The lowest BCUT2D eigenvalue weighted by atomic mass is 10.2. The molecule has 0 aliphatic carbocycles. The quantitative estimate of drug-likeness (QED) is 0.739. The van der Waals surface area contributed by atoms with E-state index in [2.05, 4.69) is 20.9 Å². The molecule has 0 amide bonds. The van der Waals surface area contributed by atoms with E-state index >= 15 is 0 Å². The van der Waals surface area contributed by atoms with E-state index in [-0.39, 0.29) is 0 Å². The number of hydrogen-bond acceptors (Lipinski definition) is 2. The maximum absolute atomic E-state index is 5.82. The molecular formula is C10H7BrClNO. The van der Waals surface area contributed by atoms with Crippen LogP contribution in [0.25, 0.3) is 10.9 Å². The van der Waals surface area contributed by atoms with Crippen molar-refractivity contribution in [2.24, 2.45) is 0 Å². The number of halogens is 2. The van der Waals surface area contributed by atoms with Gasteiger partial charge in [-0.1, -0.05) is 27.5 Å². The van der Waals surface area contributed by atoms with Crippen LogP contribution in [-0.2, 0) is 0 Å². The van der Waals surface area contributed by atoms with Crippen molar-refractivity contribution in [2.75, 3.05) is 7.11 Å². The molecule has 0 spiro atoms. The Balaban J connectivity index is 2.85. The van der Waals surface area contributed by atoms with Crippen LogP contribution in [0.3, 0.4) is 0 Å². The van der Waals surface area contributed by atoms with Crippen molar-refractivity contribution >= 4 is 38.4 Å². The van der Waals surface area contributed by atoms with Gasteiger partial charge >= 0.3 is 0 Å². The maximum atomic E-state index is 5.82. The highest BCUT2D eigenvalue weighted by Gasteiger charge is 2.06.